The van der Waals surface area contributed by atoms with Crippen LogP contribution >= 0.6 is 0 Å². The van der Waals surface area contributed by atoms with Gasteiger partial charge in [-0.3, -0.25) is 0 Å². The number of hydrogen-bond donors (Lipinski definition) is 2. The van der Waals surface area contributed by atoms with Crippen molar-refractivity contribution < 1.29 is 5.11 Å². The quantitative estimate of drug-likeness (QED) is 0.511. The van der Waals surface area contributed by atoms with Gasteiger partial charge in [0.2, 0.25) is 0 Å². The van der Waals surface area contributed by atoms with E-state index in [1.165, 1.54) is 57.9 Å². The molecule has 2 nitrogen and oxygen atoms in total. The van der Waals surface area contributed by atoms with E-state index in [4.69, 9.17) is 5.11 Å². The maximum Gasteiger partial charge on any atom is 0.0431 e. The second-order valence-electron chi connectivity index (χ2n) is 6.30. The SMILES string of the molecule is CC(C)C1CCCC(NCCCCCCO)CC1. The van der Waals surface area contributed by atoms with Crippen LogP contribution in [0.25, 0.3) is 0 Å². The molecule has 0 aromatic carbocycles. The molecule has 108 valence electrons. The molecule has 2 N–H and O–H groups in total. The Bertz CT molecular complexity index is 194. The number of aliphatic hydroxyl groups is 1. The predicted octanol–water partition coefficient (Wildman–Crippen LogP) is 3.73. The highest BCUT2D eigenvalue weighted by atomic mass is 16.2. The van der Waals surface area contributed by atoms with Gasteiger partial charge < -0.3 is 10.4 Å². The highest BCUT2D eigenvalue weighted by Gasteiger charge is 2.20. The molecule has 0 bridgehead atoms. The molecule has 0 aliphatic heterocycles. The molecule has 0 aromatic rings. The van der Waals surface area contributed by atoms with Crippen molar-refractivity contribution in [1.82, 2.24) is 5.32 Å². The van der Waals surface area contributed by atoms with Crippen LogP contribution in [0, 0.1) is 11.8 Å². The molecule has 2 unspecified atom stereocenters. The van der Waals surface area contributed by atoms with E-state index in [0.717, 1.165) is 24.3 Å². The van der Waals surface area contributed by atoms with Crippen LogP contribution in [0.2, 0.25) is 0 Å². The Morgan fingerprint density at radius 3 is 2.50 bits per heavy atom. The van der Waals surface area contributed by atoms with E-state index < -0.39 is 0 Å². The maximum atomic E-state index is 8.71. The molecule has 1 aliphatic carbocycles. The van der Waals surface area contributed by atoms with E-state index in [1.807, 2.05) is 0 Å². The normalized spacial score (nSPS) is 25.3. The number of hydrogen-bond acceptors (Lipinski definition) is 2. The summed E-state index contributed by atoms with van der Waals surface area (Å²) in [6.45, 7) is 6.27. The fraction of sp³-hybridized carbons (Fsp3) is 1.00. The van der Waals surface area contributed by atoms with E-state index in [1.54, 1.807) is 0 Å². The summed E-state index contributed by atoms with van der Waals surface area (Å²) in [5.41, 5.74) is 0. The molecule has 2 heteroatoms. The Balaban J connectivity index is 2.05. The predicted molar refractivity (Wildman–Crippen MR) is 78.8 cm³/mol. The fourth-order valence-corrected chi connectivity index (χ4v) is 3.10. The van der Waals surface area contributed by atoms with E-state index in [-0.39, 0.29) is 0 Å². The average molecular weight is 255 g/mol. The lowest BCUT2D eigenvalue weighted by molar-refractivity contribution is 0.282. The summed E-state index contributed by atoms with van der Waals surface area (Å²) < 4.78 is 0. The second-order valence-corrected chi connectivity index (χ2v) is 6.30. The van der Waals surface area contributed by atoms with Crippen LogP contribution < -0.4 is 5.32 Å². The van der Waals surface area contributed by atoms with Gasteiger partial charge in [0.05, 0.1) is 0 Å². The number of rotatable bonds is 8. The highest BCUT2D eigenvalue weighted by Crippen LogP contribution is 2.28. The van der Waals surface area contributed by atoms with Crippen LogP contribution in [-0.4, -0.2) is 24.3 Å². The van der Waals surface area contributed by atoms with Crippen LogP contribution in [0.15, 0.2) is 0 Å². The molecule has 0 aromatic heterocycles. The van der Waals surface area contributed by atoms with E-state index in [2.05, 4.69) is 19.2 Å². The Morgan fingerprint density at radius 1 is 1.00 bits per heavy atom. The van der Waals surface area contributed by atoms with Crippen LogP contribution in [0.1, 0.15) is 71.6 Å². The standard InChI is InChI=1S/C16H33NO/c1-14(2)15-8-7-9-16(11-10-15)17-12-5-3-4-6-13-18/h14-18H,3-13H2,1-2H3. The minimum absolute atomic E-state index is 0.354. The zero-order valence-corrected chi connectivity index (χ0v) is 12.5. The van der Waals surface area contributed by atoms with Crippen molar-refractivity contribution in [2.45, 2.75) is 77.7 Å². The molecule has 0 radical (unpaired) electrons. The Kier molecular flexibility index (Phi) is 8.70. The Morgan fingerprint density at radius 2 is 1.78 bits per heavy atom. The molecule has 0 heterocycles. The first kappa shape index (κ1) is 16.0. The molecule has 1 aliphatic rings. The minimum atomic E-state index is 0.354. The number of aliphatic hydroxyl groups excluding tert-OH is 1. The van der Waals surface area contributed by atoms with Crippen molar-refractivity contribution in [3.05, 3.63) is 0 Å². The van der Waals surface area contributed by atoms with Crippen molar-refractivity contribution in [2.75, 3.05) is 13.2 Å². The van der Waals surface area contributed by atoms with Gasteiger partial charge >= 0.3 is 0 Å². The molecule has 2 atom stereocenters. The minimum Gasteiger partial charge on any atom is -0.396 e. The summed E-state index contributed by atoms with van der Waals surface area (Å²) in [6, 6.07) is 0.770. The lowest BCUT2D eigenvalue weighted by Gasteiger charge is -2.19. The van der Waals surface area contributed by atoms with Gasteiger partial charge in [0.25, 0.3) is 0 Å². The van der Waals surface area contributed by atoms with Crippen molar-refractivity contribution in [1.29, 1.82) is 0 Å². The van der Waals surface area contributed by atoms with E-state index in [9.17, 15) is 0 Å². The third-order valence-corrected chi connectivity index (χ3v) is 4.47. The topological polar surface area (TPSA) is 32.3 Å². The van der Waals surface area contributed by atoms with Crippen molar-refractivity contribution in [2.24, 2.45) is 11.8 Å². The van der Waals surface area contributed by atoms with Gasteiger partial charge in [0, 0.05) is 12.6 Å². The molecule has 0 amide bonds. The molecule has 1 saturated carbocycles. The lowest BCUT2D eigenvalue weighted by atomic mass is 9.89. The summed E-state index contributed by atoms with van der Waals surface area (Å²) in [5.74, 6) is 1.82. The number of unbranched alkanes of at least 4 members (excludes halogenated alkanes) is 3. The monoisotopic (exact) mass is 255 g/mol. The third kappa shape index (κ3) is 6.75. The van der Waals surface area contributed by atoms with Gasteiger partial charge in [0.1, 0.15) is 0 Å². The van der Waals surface area contributed by atoms with Crippen molar-refractivity contribution >= 4 is 0 Å². The van der Waals surface area contributed by atoms with Gasteiger partial charge in [-0.1, -0.05) is 39.5 Å². The third-order valence-electron chi connectivity index (χ3n) is 4.47. The zero-order chi connectivity index (χ0) is 13.2. The van der Waals surface area contributed by atoms with E-state index in [0.29, 0.717) is 6.61 Å². The molecule has 18 heavy (non-hydrogen) atoms. The molecular formula is C16H33NO. The summed E-state index contributed by atoms with van der Waals surface area (Å²) in [7, 11) is 0. The first-order valence-electron chi connectivity index (χ1n) is 8.08. The molecule has 0 spiro atoms. The van der Waals surface area contributed by atoms with Gasteiger partial charge in [-0.15, -0.1) is 0 Å². The van der Waals surface area contributed by atoms with Gasteiger partial charge in [0.15, 0.2) is 0 Å². The molecule has 0 saturated heterocycles. The first-order chi connectivity index (χ1) is 8.74. The Labute approximate surface area is 114 Å². The van der Waals surface area contributed by atoms with Gasteiger partial charge in [-0.05, 0) is 50.5 Å². The number of nitrogens with one attached hydrogen (secondary N) is 1. The first-order valence-corrected chi connectivity index (χ1v) is 8.08. The summed E-state index contributed by atoms with van der Waals surface area (Å²) in [6.07, 6.45) is 11.7. The van der Waals surface area contributed by atoms with Crippen LogP contribution in [-0.2, 0) is 0 Å². The van der Waals surface area contributed by atoms with Crippen LogP contribution in [0.5, 0.6) is 0 Å². The summed E-state index contributed by atoms with van der Waals surface area (Å²) in [5, 5.41) is 12.4. The van der Waals surface area contributed by atoms with Crippen molar-refractivity contribution in [3.8, 4) is 0 Å². The van der Waals surface area contributed by atoms with Crippen LogP contribution in [0.3, 0.4) is 0 Å². The van der Waals surface area contributed by atoms with Gasteiger partial charge in [-0.25, -0.2) is 0 Å². The Hall–Kier alpha value is -0.0800. The van der Waals surface area contributed by atoms with Crippen LogP contribution in [0.4, 0.5) is 0 Å². The fourth-order valence-electron chi connectivity index (χ4n) is 3.10. The molecule has 1 rings (SSSR count). The van der Waals surface area contributed by atoms with Gasteiger partial charge in [-0.2, -0.15) is 0 Å². The van der Waals surface area contributed by atoms with Crippen molar-refractivity contribution in [3.63, 3.8) is 0 Å². The second kappa shape index (κ2) is 9.80. The average Bonchev–Trinajstić information content (AvgIpc) is 2.59. The largest absolute Gasteiger partial charge is 0.396 e. The summed E-state index contributed by atoms with van der Waals surface area (Å²) >= 11 is 0. The maximum absolute atomic E-state index is 8.71. The molecular weight excluding hydrogens is 222 g/mol. The summed E-state index contributed by atoms with van der Waals surface area (Å²) in [4.78, 5) is 0. The smallest absolute Gasteiger partial charge is 0.0431 e. The zero-order valence-electron chi connectivity index (χ0n) is 12.5. The molecule has 1 fully saturated rings. The highest BCUT2D eigenvalue weighted by molar-refractivity contribution is 4.76. The van der Waals surface area contributed by atoms with E-state index >= 15 is 0 Å². The lowest BCUT2D eigenvalue weighted by Crippen LogP contribution is -2.29.